The summed E-state index contributed by atoms with van der Waals surface area (Å²) in [7, 11) is 0. The number of hydrogen-bond donors (Lipinski definition) is 1. The number of nitrogens with one attached hydrogen (secondary N) is 1. The molecule has 4 nitrogen and oxygen atoms in total. The van der Waals surface area contributed by atoms with Crippen LogP contribution in [-0.4, -0.2) is 28.4 Å². The molecule has 1 aromatic heterocycles. The fourth-order valence-corrected chi connectivity index (χ4v) is 2.52. The van der Waals surface area contributed by atoms with E-state index in [2.05, 4.69) is 5.10 Å². The Morgan fingerprint density at radius 1 is 1.00 bits per heavy atom. The number of rotatable bonds is 5. The number of amides is 1. The molecular weight excluding hydrogens is 343 g/mol. The van der Waals surface area contributed by atoms with Gasteiger partial charge >= 0.3 is 6.18 Å². The highest BCUT2D eigenvalue weighted by atomic mass is 19.4. The molecule has 0 saturated carbocycles. The molecule has 0 aliphatic rings. The molecule has 3 aromatic rings. The summed E-state index contributed by atoms with van der Waals surface area (Å²) in [6.07, 6.45) is -3.00. The van der Waals surface area contributed by atoms with Crippen LogP contribution in [0.5, 0.6) is 0 Å². The van der Waals surface area contributed by atoms with Crippen LogP contribution in [0.2, 0.25) is 0 Å². The number of nitrogens with zero attached hydrogens (tertiary/aromatic N) is 2. The van der Waals surface area contributed by atoms with Gasteiger partial charge in [-0.2, -0.15) is 18.3 Å². The van der Waals surface area contributed by atoms with Crippen molar-refractivity contribution in [3.8, 4) is 11.3 Å². The highest BCUT2D eigenvalue weighted by Crippen LogP contribution is 2.23. The van der Waals surface area contributed by atoms with Crippen LogP contribution >= 0.6 is 0 Å². The minimum Gasteiger partial charge on any atom is -0.343 e. The van der Waals surface area contributed by atoms with Gasteiger partial charge in [0, 0.05) is 11.8 Å². The molecule has 0 saturated heterocycles. The molecule has 7 heteroatoms. The topological polar surface area (TPSA) is 46.9 Å². The summed E-state index contributed by atoms with van der Waals surface area (Å²) in [5.74, 6) is -0.805. The normalized spacial score (nSPS) is 11.3. The van der Waals surface area contributed by atoms with E-state index in [0.717, 1.165) is 5.56 Å². The van der Waals surface area contributed by atoms with Crippen LogP contribution in [0.3, 0.4) is 0 Å². The van der Waals surface area contributed by atoms with E-state index in [9.17, 15) is 18.0 Å². The molecule has 1 amide bonds. The van der Waals surface area contributed by atoms with Crippen molar-refractivity contribution in [2.45, 2.75) is 12.7 Å². The Hall–Kier alpha value is -3.09. The number of alkyl halides is 3. The lowest BCUT2D eigenvalue weighted by atomic mass is 10.1. The zero-order chi connectivity index (χ0) is 18.6. The third kappa shape index (κ3) is 4.50. The van der Waals surface area contributed by atoms with Gasteiger partial charge in [0.1, 0.15) is 12.2 Å². The minimum absolute atomic E-state index is 0.108. The van der Waals surface area contributed by atoms with E-state index in [-0.39, 0.29) is 5.56 Å². The molecule has 134 valence electrons. The maximum atomic E-state index is 12.4. The first-order chi connectivity index (χ1) is 12.4. The van der Waals surface area contributed by atoms with E-state index >= 15 is 0 Å². The summed E-state index contributed by atoms with van der Waals surface area (Å²) >= 11 is 0. The Bertz CT molecular complexity index is 874. The van der Waals surface area contributed by atoms with Crippen molar-refractivity contribution >= 4 is 5.91 Å². The molecule has 0 radical (unpaired) electrons. The molecule has 0 fully saturated rings. The second-order valence-electron chi connectivity index (χ2n) is 5.74. The van der Waals surface area contributed by atoms with E-state index in [4.69, 9.17) is 0 Å². The molecule has 26 heavy (non-hydrogen) atoms. The summed E-state index contributed by atoms with van der Waals surface area (Å²) < 4.78 is 38.8. The Kier molecular flexibility index (Phi) is 5.06. The third-order valence-electron chi connectivity index (χ3n) is 3.69. The van der Waals surface area contributed by atoms with Crippen molar-refractivity contribution in [1.82, 2.24) is 15.1 Å². The predicted octanol–water partition coefficient (Wildman–Crippen LogP) is 3.89. The van der Waals surface area contributed by atoms with Gasteiger partial charge in [0.25, 0.3) is 5.91 Å². The lowest BCUT2D eigenvalue weighted by molar-refractivity contribution is -0.123. The van der Waals surface area contributed by atoms with Gasteiger partial charge in [-0.1, -0.05) is 60.7 Å². The van der Waals surface area contributed by atoms with Gasteiger partial charge in [0.2, 0.25) is 0 Å². The molecule has 2 aromatic carbocycles. The van der Waals surface area contributed by atoms with E-state index in [1.807, 2.05) is 41.7 Å². The first-order valence-electron chi connectivity index (χ1n) is 7.94. The minimum atomic E-state index is -4.47. The van der Waals surface area contributed by atoms with Gasteiger partial charge in [-0.15, -0.1) is 0 Å². The van der Waals surface area contributed by atoms with Crippen LogP contribution in [0, 0.1) is 0 Å². The van der Waals surface area contributed by atoms with Crippen LogP contribution in [0.15, 0.2) is 66.9 Å². The number of hydrogen-bond acceptors (Lipinski definition) is 2. The number of carbonyl (C=O) groups is 1. The number of carbonyl (C=O) groups excluding carboxylic acids is 1. The number of benzene rings is 2. The third-order valence-corrected chi connectivity index (χ3v) is 3.69. The average molecular weight is 359 g/mol. The zero-order valence-corrected chi connectivity index (χ0v) is 13.7. The second kappa shape index (κ2) is 7.43. The smallest absolute Gasteiger partial charge is 0.343 e. The van der Waals surface area contributed by atoms with Crippen LogP contribution in [-0.2, 0) is 6.54 Å². The van der Waals surface area contributed by atoms with Crippen molar-refractivity contribution in [2.24, 2.45) is 0 Å². The number of aromatic nitrogens is 2. The fraction of sp³-hybridized carbons (Fsp3) is 0.158. The molecule has 0 bridgehead atoms. The van der Waals surface area contributed by atoms with Crippen molar-refractivity contribution in [2.75, 3.05) is 6.54 Å². The molecule has 0 aliphatic heterocycles. The summed E-state index contributed by atoms with van der Waals surface area (Å²) in [6, 6.07) is 18.4. The van der Waals surface area contributed by atoms with Crippen LogP contribution < -0.4 is 5.32 Å². The van der Waals surface area contributed by atoms with Crippen molar-refractivity contribution in [3.63, 3.8) is 0 Å². The molecule has 1 heterocycles. The highest BCUT2D eigenvalue weighted by Gasteiger charge is 2.29. The Labute approximate surface area is 148 Å². The maximum absolute atomic E-state index is 12.4. The van der Waals surface area contributed by atoms with Crippen LogP contribution in [0.4, 0.5) is 13.2 Å². The van der Waals surface area contributed by atoms with Gasteiger partial charge in [0.15, 0.2) is 0 Å². The summed E-state index contributed by atoms with van der Waals surface area (Å²) in [6.45, 7) is -0.975. The van der Waals surface area contributed by atoms with Gasteiger partial charge in [-0.05, 0) is 5.56 Å². The SMILES string of the molecule is O=C(NCC(F)(F)F)c1cn(Cc2ccccc2)nc1-c1ccccc1. The first kappa shape index (κ1) is 17.7. The van der Waals surface area contributed by atoms with Crippen molar-refractivity contribution in [1.29, 1.82) is 0 Å². The molecule has 0 unspecified atom stereocenters. The Morgan fingerprint density at radius 2 is 1.62 bits per heavy atom. The molecule has 3 rings (SSSR count). The van der Waals surface area contributed by atoms with Gasteiger partial charge in [-0.3, -0.25) is 9.48 Å². The standard InChI is InChI=1S/C19H16F3N3O/c20-19(21,22)13-23-18(26)16-12-25(11-14-7-3-1-4-8-14)24-17(16)15-9-5-2-6-10-15/h1-10,12H,11,13H2,(H,23,26). The average Bonchev–Trinajstić information content (AvgIpc) is 3.04. The Balaban J connectivity index is 1.92. The second-order valence-corrected chi connectivity index (χ2v) is 5.74. The van der Waals surface area contributed by atoms with E-state index < -0.39 is 18.6 Å². The highest BCUT2D eigenvalue weighted by molar-refractivity contribution is 5.99. The Morgan fingerprint density at radius 3 is 2.23 bits per heavy atom. The lowest BCUT2D eigenvalue weighted by Gasteiger charge is -2.08. The molecule has 0 atom stereocenters. The van der Waals surface area contributed by atoms with Crippen LogP contribution in [0.25, 0.3) is 11.3 Å². The first-order valence-corrected chi connectivity index (χ1v) is 7.94. The van der Waals surface area contributed by atoms with E-state index in [1.165, 1.54) is 6.20 Å². The maximum Gasteiger partial charge on any atom is 0.405 e. The number of halogens is 3. The lowest BCUT2D eigenvalue weighted by Crippen LogP contribution is -2.33. The van der Waals surface area contributed by atoms with Crippen molar-refractivity contribution < 1.29 is 18.0 Å². The predicted molar refractivity (Wildman–Crippen MR) is 91.6 cm³/mol. The molecular formula is C19H16F3N3O. The summed E-state index contributed by atoms with van der Waals surface area (Å²) in [4.78, 5) is 12.3. The van der Waals surface area contributed by atoms with Crippen LogP contribution in [0.1, 0.15) is 15.9 Å². The zero-order valence-electron chi connectivity index (χ0n) is 13.7. The van der Waals surface area contributed by atoms with Crippen molar-refractivity contribution in [3.05, 3.63) is 78.0 Å². The van der Waals surface area contributed by atoms with Gasteiger partial charge < -0.3 is 5.32 Å². The fourth-order valence-electron chi connectivity index (χ4n) is 2.52. The molecule has 1 N–H and O–H groups in total. The monoisotopic (exact) mass is 359 g/mol. The molecule has 0 aliphatic carbocycles. The van der Waals surface area contributed by atoms with E-state index in [0.29, 0.717) is 17.8 Å². The van der Waals surface area contributed by atoms with Gasteiger partial charge in [-0.25, -0.2) is 0 Å². The molecule has 0 spiro atoms. The summed E-state index contributed by atoms with van der Waals surface area (Å²) in [5.41, 5.74) is 2.09. The van der Waals surface area contributed by atoms with Gasteiger partial charge in [0.05, 0.1) is 12.1 Å². The van der Waals surface area contributed by atoms with E-state index in [1.54, 1.807) is 28.9 Å². The largest absolute Gasteiger partial charge is 0.405 e. The quantitative estimate of drug-likeness (QED) is 0.751. The summed E-state index contributed by atoms with van der Waals surface area (Å²) in [5, 5.41) is 6.32.